The first kappa shape index (κ1) is 15.9. The van der Waals surface area contributed by atoms with Gasteiger partial charge in [-0.3, -0.25) is 10.3 Å². The van der Waals surface area contributed by atoms with Gasteiger partial charge in [-0.2, -0.15) is 0 Å². The topological polar surface area (TPSA) is 24.4 Å². The number of nitrogens with one attached hydrogen (secondary N) is 1. The third kappa shape index (κ3) is 2.84. The van der Waals surface area contributed by atoms with Gasteiger partial charge in [0.25, 0.3) is 0 Å². The first-order chi connectivity index (χ1) is 10.9. The van der Waals surface area contributed by atoms with Gasteiger partial charge < -0.3 is 0 Å². The maximum atomic E-state index is 4.58. The van der Waals surface area contributed by atoms with Crippen LogP contribution in [0.25, 0.3) is 0 Å². The van der Waals surface area contributed by atoms with Crippen molar-refractivity contribution in [1.29, 1.82) is 0 Å². The lowest BCUT2D eigenvalue weighted by atomic mass is 9.86. The highest BCUT2D eigenvalue weighted by Gasteiger charge is 2.29. The normalized spacial score (nSPS) is 17.5. The minimum absolute atomic E-state index is 0.0794. The summed E-state index contributed by atoms with van der Waals surface area (Å²) in [6, 6.07) is 9.03. The molecule has 2 radical (unpaired) electrons. The van der Waals surface area contributed by atoms with Crippen molar-refractivity contribution in [3.8, 4) is 0 Å². The van der Waals surface area contributed by atoms with Crippen LogP contribution in [0.5, 0.6) is 0 Å². The fourth-order valence-corrected chi connectivity index (χ4v) is 3.93. The van der Waals surface area contributed by atoms with Gasteiger partial charge >= 0.3 is 0 Å². The van der Waals surface area contributed by atoms with Gasteiger partial charge in [0.15, 0.2) is 6.67 Å². The zero-order valence-electron chi connectivity index (χ0n) is 14.8. The zero-order valence-corrected chi connectivity index (χ0v) is 14.8. The molecule has 118 valence electrons. The Morgan fingerprint density at radius 2 is 1.26 bits per heavy atom. The van der Waals surface area contributed by atoms with Crippen molar-refractivity contribution in [2.24, 2.45) is 4.99 Å². The highest BCUT2D eigenvalue weighted by molar-refractivity contribution is 6.08. The molecule has 0 fully saturated rings. The average Bonchev–Trinajstić information content (AvgIpc) is 2.85. The first-order valence-electron chi connectivity index (χ1n) is 8.12. The summed E-state index contributed by atoms with van der Waals surface area (Å²) >= 11 is 0. The molecule has 2 aromatic rings. The Kier molecular flexibility index (Phi) is 4.11. The maximum Gasteiger partial charge on any atom is 0.197 e. The second kappa shape index (κ2) is 5.93. The van der Waals surface area contributed by atoms with E-state index in [1.165, 1.54) is 44.5 Å². The van der Waals surface area contributed by atoms with Crippen LogP contribution in [0, 0.1) is 48.2 Å². The van der Waals surface area contributed by atoms with E-state index in [2.05, 4.69) is 82.8 Å². The van der Waals surface area contributed by atoms with E-state index in [0.717, 1.165) is 5.71 Å². The molecular weight excluding hydrogens is 280 g/mol. The minimum atomic E-state index is 0.0794. The molecule has 2 heteroatoms. The summed E-state index contributed by atoms with van der Waals surface area (Å²) in [7, 11) is 0. The van der Waals surface area contributed by atoms with Gasteiger partial charge in [0.1, 0.15) is 0 Å². The van der Waals surface area contributed by atoms with Crippen LogP contribution in [0.4, 0.5) is 0 Å². The lowest BCUT2D eigenvalue weighted by molar-refractivity contribution is 0.769. The predicted octanol–water partition coefficient (Wildman–Crippen LogP) is 4.67. The van der Waals surface area contributed by atoms with Gasteiger partial charge in [0, 0.05) is 5.56 Å². The lowest BCUT2D eigenvalue weighted by Gasteiger charge is -2.22. The van der Waals surface area contributed by atoms with Gasteiger partial charge in [-0.15, -0.1) is 0 Å². The lowest BCUT2D eigenvalue weighted by Crippen LogP contribution is -2.24. The largest absolute Gasteiger partial charge is 0.274 e. The molecule has 2 nitrogen and oxygen atoms in total. The van der Waals surface area contributed by atoms with Crippen LogP contribution in [0.3, 0.4) is 0 Å². The molecule has 0 bridgehead atoms. The molecule has 0 saturated carbocycles. The number of benzene rings is 2. The van der Waals surface area contributed by atoms with Crippen molar-refractivity contribution < 1.29 is 0 Å². The van der Waals surface area contributed by atoms with Crippen LogP contribution < -0.4 is 5.32 Å². The van der Waals surface area contributed by atoms with E-state index in [9.17, 15) is 0 Å². The van der Waals surface area contributed by atoms with Gasteiger partial charge in [-0.05, 0) is 69.4 Å². The average molecular weight is 304 g/mol. The number of hydrogen-bond acceptors (Lipinski definition) is 2. The first-order valence-corrected chi connectivity index (χ1v) is 8.12. The van der Waals surface area contributed by atoms with Crippen molar-refractivity contribution in [1.82, 2.24) is 5.32 Å². The van der Waals surface area contributed by atoms with Gasteiger partial charge in [-0.1, -0.05) is 35.4 Å². The highest BCUT2D eigenvalue weighted by Crippen LogP contribution is 2.32. The summed E-state index contributed by atoms with van der Waals surface area (Å²) in [5, 5.41) is 3.34. The molecule has 0 aromatic heterocycles. The summed E-state index contributed by atoms with van der Waals surface area (Å²) in [6.07, 6.45) is 0. The molecule has 0 amide bonds. The smallest absolute Gasteiger partial charge is 0.197 e. The van der Waals surface area contributed by atoms with Crippen LogP contribution in [-0.2, 0) is 0 Å². The Labute approximate surface area is 139 Å². The quantitative estimate of drug-likeness (QED) is 0.857. The number of nitrogens with zero attached hydrogens (tertiary/aromatic N) is 1. The number of aryl methyl sites for hydroxylation is 6. The van der Waals surface area contributed by atoms with Crippen molar-refractivity contribution in [3.05, 3.63) is 75.4 Å². The van der Waals surface area contributed by atoms with E-state index >= 15 is 0 Å². The summed E-state index contributed by atoms with van der Waals surface area (Å²) in [5.74, 6) is 0. The minimum Gasteiger partial charge on any atom is -0.274 e. The van der Waals surface area contributed by atoms with Crippen molar-refractivity contribution >= 4 is 5.71 Å². The fraction of sp³-hybridized carbons (Fsp3) is 0.333. The Balaban J connectivity index is 2.13. The summed E-state index contributed by atoms with van der Waals surface area (Å²) < 4.78 is 0. The van der Waals surface area contributed by atoms with E-state index in [0.29, 0.717) is 0 Å². The fourth-order valence-electron chi connectivity index (χ4n) is 3.93. The summed E-state index contributed by atoms with van der Waals surface area (Å²) in [4.78, 5) is 4.58. The molecule has 3 rings (SSSR count). The van der Waals surface area contributed by atoms with Crippen LogP contribution >= 0.6 is 0 Å². The molecule has 1 heterocycles. The van der Waals surface area contributed by atoms with Crippen molar-refractivity contribution in [2.45, 2.75) is 47.6 Å². The number of hydrogen-bond donors (Lipinski definition) is 1. The predicted molar refractivity (Wildman–Crippen MR) is 97.0 cm³/mol. The molecule has 1 aliphatic rings. The van der Waals surface area contributed by atoms with Crippen LogP contribution in [0.1, 0.15) is 50.5 Å². The molecule has 1 aliphatic heterocycles. The molecule has 0 spiro atoms. The molecular formula is C21H24N2. The number of rotatable bonds is 2. The van der Waals surface area contributed by atoms with Gasteiger partial charge in [-0.25, -0.2) is 0 Å². The second-order valence-electron chi connectivity index (χ2n) is 6.77. The van der Waals surface area contributed by atoms with E-state index in [4.69, 9.17) is 0 Å². The van der Waals surface area contributed by atoms with Gasteiger partial charge in [0.2, 0.25) is 0 Å². The van der Waals surface area contributed by atoms with E-state index < -0.39 is 0 Å². The molecule has 1 N–H and O–H groups in total. The second-order valence-corrected chi connectivity index (χ2v) is 6.77. The zero-order chi connectivity index (χ0) is 16.7. The van der Waals surface area contributed by atoms with Crippen LogP contribution in [0.15, 0.2) is 29.3 Å². The van der Waals surface area contributed by atoms with Crippen LogP contribution in [-0.4, -0.2) is 5.71 Å². The Morgan fingerprint density at radius 1 is 0.783 bits per heavy atom. The molecule has 0 saturated heterocycles. The highest BCUT2D eigenvalue weighted by atomic mass is 15.1. The Hall–Kier alpha value is -1.93. The van der Waals surface area contributed by atoms with E-state index in [1.807, 2.05) is 0 Å². The van der Waals surface area contributed by atoms with Gasteiger partial charge in [0.05, 0.1) is 11.8 Å². The third-order valence-electron chi connectivity index (χ3n) is 4.62. The third-order valence-corrected chi connectivity index (χ3v) is 4.62. The van der Waals surface area contributed by atoms with E-state index in [-0.39, 0.29) is 6.04 Å². The Bertz CT molecular complexity index is 753. The molecule has 1 atom stereocenters. The molecule has 0 aliphatic carbocycles. The Morgan fingerprint density at radius 3 is 1.78 bits per heavy atom. The van der Waals surface area contributed by atoms with Crippen molar-refractivity contribution in [3.63, 3.8) is 0 Å². The van der Waals surface area contributed by atoms with E-state index in [1.54, 1.807) is 0 Å². The SMILES string of the molecule is Cc1cc(C)c(C2=N[C]NC2c2c(C)cc(C)cc2C)c(C)c1. The summed E-state index contributed by atoms with van der Waals surface area (Å²) in [6.45, 7) is 16.0. The van der Waals surface area contributed by atoms with Crippen LogP contribution in [0.2, 0.25) is 0 Å². The molecule has 23 heavy (non-hydrogen) atoms. The molecule has 2 aromatic carbocycles. The maximum absolute atomic E-state index is 4.58. The monoisotopic (exact) mass is 304 g/mol. The molecule has 1 unspecified atom stereocenters. The standard InChI is InChI=1S/C21H24N2/c1-12-7-14(3)18(15(4)8-12)20-21(23-11-22-20)19-16(5)9-13(2)10-17(19)6/h7-10,20,22H,1-6H3. The number of aliphatic imine (C=N–C) groups is 1. The van der Waals surface area contributed by atoms with Crippen molar-refractivity contribution in [2.75, 3.05) is 0 Å². The summed E-state index contributed by atoms with van der Waals surface area (Å²) in [5.41, 5.74) is 11.4.